The molecule has 3 rings (SSSR count). The number of allylic oxidation sites excluding steroid dienone is 2. The van der Waals surface area contributed by atoms with Crippen LogP contribution < -0.4 is 10.5 Å². The summed E-state index contributed by atoms with van der Waals surface area (Å²) in [6.45, 7) is 9.77. The molecule has 0 spiro atoms. The van der Waals surface area contributed by atoms with Crippen LogP contribution in [0.15, 0.2) is 23.8 Å². The molecule has 28 heavy (non-hydrogen) atoms. The van der Waals surface area contributed by atoms with Gasteiger partial charge in [-0.25, -0.2) is 0 Å². The molecule has 0 aromatic heterocycles. The second-order valence-electron chi connectivity index (χ2n) is 8.62. The summed E-state index contributed by atoms with van der Waals surface area (Å²) < 4.78 is 6.22. The van der Waals surface area contributed by atoms with Crippen molar-refractivity contribution in [3.8, 4) is 11.5 Å². The predicted molar refractivity (Wildman–Crippen MR) is 118 cm³/mol. The molecule has 1 unspecified atom stereocenters. The summed E-state index contributed by atoms with van der Waals surface area (Å²) in [5, 5.41) is 10.1. The zero-order chi connectivity index (χ0) is 20.9. The lowest BCUT2D eigenvalue weighted by Gasteiger charge is -2.37. The minimum atomic E-state index is -0.164. The highest BCUT2D eigenvalue weighted by Gasteiger charge is 2.33. The van der Waals surface area contributed by atoms with Gasteiger partial charge in [0.2, 0.25) is 0 Å². The number of aromatic hydroxyl groups is 1. The van der Waals surface area contributed by atoms with Crippen molar-refractivity contribution in [3.05, 3.63) is 46.1 Å². The third kappa shape index (κ3) is 5.39. The first-order chi connectivity index (χ1) is 13.2. The Morgan fingerprint density at radius 3 is 2.43 bits per heavy atom. The summed E-state index contributed by atoms with van der Waals surface area (Å²) in [6.07, 6.45) is 12.0. The number of hydrogen-bond acceptors (Lipinski definition) is 4. The predicted octanol–water partition coefficient (Wildman–Crippen LogP) is 4.57. The molecule has 0 saturated heterocycles. The van der Waals surface area contributed by atoms with Crippen LogP contribution >= 0.6 is 0 Å². The molecule has 1 atom stereocenters. The van der Waals surface area contributed by atoms with Crippen molar-refractivity contribution in [1.82, 2.24) is 4.90 Å². The standard InChI is InChI=1S/C15H23NO2.C9H15N/c1-9-10(2)14-12(11(3)13(9)17)5-6-15(4,18-14)7-8-16;1-10(2)8-9-6-4-3-5-7-9/h17H,5-8,16H2,1-4H3;4,6-7H,3,5,8H2,1-2H3. The fraction of sp³-hybridized carbons (Fsp3) is 0.583. The Labute approximate surface area is 171 Å². The van der Waals surface area contributed by atoms with E-state index in [9.17, 15) is 5.11 Å². The molecule has 1 aliphatic carbocycles. The minimum absolute atomic E-state index is 0.164. The first-order valence-electron chi connectivity index (χ1n) is 10.4. The zero-order valence-corrected chi connectivity index (χ0v) is 18.6. The van der Waals surface area contributed by atoms with E-state index in [1.165, 1.54) is 18.4 Å². The third-order valence-corrected chi connectivity index (χ3v) is 5.84. The molecule has 0 amide bonds. The summed E-state index contributed by atoms with van der Waals surface area (Å²) in [4.78, 5) is 2.20. The molecule has 0 saturated carbocycles. The number of fused-ring (bicyclic) bond motifs is 1. The summed E-state index contributed by atoms with van der Waals surface area (Å²) >= 11 is 0. The van der Waals surface area contributed by atoms with Crippen molar-refractivity contribution in [2.75, 3.05) is 27.2 Å². The average molecular weight is 387 g/mol. The van der Waals surface area contributed by atoms with Crippen molar-refractivity contribution in [3.63, 3.8) is 0 Å². The van der Waals surface area contributed by atoms with Crippen LogP contribution in [0.5, 0.6) is 11.5 Å². The maximum Gasteiger partial charge on any atom is 0.127 e. The van der Waals surface area contributed by atoms with Gasteiger partial charge in [0, 0.05) is 12.1 Å². The number of benzene rings is 1. The van der Waals surface area contributed by atoms with Gasteiger partial charge in [0.15, 0.2) is 0 Å². The Kier molecular flexibility index (Phi) is 7.73. The van der Waals surface area contributed by atoms with Crippen molar-refractivity contribution >= 4 is 0 Å². The first kappa shape index (κ1) is 22.5. The Hall–Kier alpha value is -1.78. The average Bonchev–Trinajstić information content (AvgIpc) is 2.65. The second kappa shape index (κ2) is 9.62. The van der Waals surface area contributed by atoms with Crippen molar-refractivity contribution < 1.29 is 9.84 Å². The van der Waals surface area contributed by atoms with Gasteiger partial charge < -0.3 is 20.5 Å². The third-order valence-electron chi connectivity index (χ3n) is 5.84. The highest BCUT2D eigenvalue weighted by atomic mass is 16.5. The Bertz CT molecular complexity index is 750. The van der Waals surface area contributed by atoms with Gasteiger partial charge in [-0.3, -0.25) is 0 Å². The fourth-order valence-electron chi connectivity index (χ4n) is 3.93. The zero-order valence-electron chi connectivity index (χ0n) is 18.6. The van der Waals surface area contributed by atoms with E-state index < -0.39 is 0 Å². The number of likely N-dealkylation sites (N-methyl/N-ethyl adjacent to an activating group) is 1. The van der Waals surface area contributed by atoms with Gasteiger partial charge in [-0.15, -0.1) is 0 Å². The molecule has 0 fully saturated rings. The Morgan fingerprint density at radius 2 is 1.86 bits per heavy atom. The summed E-state index contributed by atoms with van der Waals surface area (Å²) in [5.74, 6) is 1.38. The number of nitrogens with two attached hydrogens (primary N) is 1. The van der Waals surface area contributed by atoms with E-state index in [0.717, 1.165) is 53.8 Å². The lowest BCUT2D eigenvalue weighted by Crippen LogP contribution is -2.39. The van der Waals surface area contributed by atoms with E-state index in [4.69, 9.17) is 10.5 Å². The summed E-state index contributed by atoms with van der Waals surface area (Å²) in [5.41, 5.74) is 11.0. The van der Waals surface area contributed by atoms with Gasteiger partial charge in [-0.05, 0) is 103 Å². The molecule has 0 bridgehead atoms. The van der Waals surface area contributed by atoms with Crippen LogP contribution in [0.2, 0.25) is 0 Å². The van der Waals surface area contributed by atoms with Gasteiger partial charge >= 0.3 is 0 Å². The quantitative estimate of drug-likeness (QED) is 0.795. The van der Waals surface area contributed by atoms with Crippen LogP contribution in [0, 0.1) is 20.8 Å². The van der Waals surface area contributed by atoms with E-state index in [0.29, 0.717) is 12.3 Å². The van der Waals surface area contributed by atoms with E-state index in [2.05, 4.69) is 44.1 Å². The number of hydrogen-bond donors (Lipinski definition) is 2. The SMILES string of the molecule is CN(C)CC1=CCCC=C1.Cc1c(C)c2c(c(C)c1O)CCC(C)(CCN)O2. The van der Waals surface area contributed by atoms with Crippen molar-refractivity contribution in [2.45, 2.75) is 65.4 Å². The first-order valence-corrected chi connectivity index (χ1v) is 10.4. The van der Waals surface area contributed by atoms with Crippen LogP contribution in [0.3, 0.4) is 0 Å². The van der Waals surface area contributed by atoms with E-state index >= 15 is 0 Å². The van der Waals surface area contributed by atoms with Gasteiger partial charge in [0.1, 0.15) is 17.1 Å². The molecule has 1 aliphatic heterocycles. The van der Waals surface area contributed by atoms with Gasteiger partial charge in [-0.1, -0.05) is 18.2 Å². The summed E-state index contributed by atoms with van der Waals surface area (Å²) in [6, 6.07) is 0. The number of ether oxygens (including phenoxy) is 1. The van der Waals surface area contributed by atoms with E-state index in [1.807, 2.05) is 20.8 Å². The van der Waals surface area contributed by atoms with E-state index in [-0.39, 0.29) is 5.60 Å². The minimum Gasteiger partial charge on any atom is -0.507 e. The lowest BCUT2D eigenvalue weighted by atomic mass is 9.85. The number of nitrogens with zero attached hydrogens (tertiary/aromatic N) is 1. The molecule has 1 heterocycles. The molecule has 2 aliphatic rings. The number of phenolic OH excluding ortho intramolecular Hbond substituents is 1. The maximum atomic E-state index is 10.1. The molecule has 3 N–H and O–H groups in total. The number of phenols is 1. The molecule has 4 nitrogen and oxygen atoms in total. The lowest BCUT2D eigenvalue weighted by molar-refractivity contribution is 0.0574. The maximum absolute atomic E-state index is 10.1. The monoisotopic (exact) mass is 386 g/mol. The molecule has 1 aromatic carbocycles. The topological polar surface area (TPSA) is 58.7 Å². The molecular formula is C24H38N2O2. The van der Waals surface area contributed by atoms with Crippen molar-refractivity contribution in [1.29, 1.82) is 0 Å². The molecule has 4 heteroatoms. The largest absolute Gasteiger partial charge is 0.507 e. The van der Waals surface area contributed by atoms with Crippen LogP contribution in [-0.2, 0) is 6.42 Å². The van der Waals surface area contributed by atoms with Crippen LogP contribution in [0.1, 0.15) is 54.9 Å². The molecular weight excluding hydrogens is 348 g/mol. The van der Waals surface area contributed by atoms with E-state index in [1.54, 1.807) is 0 Å². The van der Waals surface area contributed by atoms with Gasteiger partial charge in [-0.2, -0.15) is 0 Å². The molecule has 0 radical (unpaired) electrons. The smallest absolute Gasteiger partial charge is 0.127 e. The fourth-order valence-corrected chi connectivity index (χ4v) is 3.93. The Morgan fingerprint density at radius 1 is 1.14 bits per heavy atom. The van der Waals surface area contributed by atoms with Crippen LogP contribution in [-0.4, -0.2) is 42.8 Å². The molecule has 156 valence electrons. The summed E-state index contributed by atoms with van der Waals surface area (Å²) in [7, 11) is 4.20. The normalized spacial score (nSPS) is 20.8. The van der Waals surface area contributed by atoms with Crippen LogP contribution in [0.4, 0.5) is 0 Å². The van der Waals surface area contributed by atoms with Crippen molar-refractivity contribution in [2.24, 2.45) is 5.73 Å². The van der Waals surface area contributed by atoms with Gasteiger partial charge in [0.25, 0.3) is 0 Å². The Balaban J connectivity index is 0.000000237. The highest BCUT2D eigenvalue weighted by molar-refractivity contribution is 5.58. The second-order valence-corrected chi connectivity index (χ2v) is 8.62. The van der Waals surface area contributed by atoms with Crippen LogP contribution in [0.25, 0.3) is 0 Å². The van der Waals surface area contributed by atoms with Gasteiger partial charge in [0.05, 0.1) is 0 Å². The highest BCUT2D eigenvalue weighted by Crippen LogP contribution is 2.43. The molecule has 1 aromatic rings. The number of rotatable bonds is 4.